The van der Waals surface area contributed by atoms with Crippen molar-refractivity contribution in [1.82, 2.24) is 20.3 Å². The summed E-state index contributed by atoms with van der Waals surface area (Å²) in [6, 6.07) is 14.0. The number of aromatic nitrogens is 3. The summed E-state index contributed by atoms with van der Waals surface area (Å²) >= 11 is 0. The zero-order chi connectivity index (χ0) is 33.0. The second-order valence-corrected chi connectivity index (χ2v) is 13.1. The van der Waals surface area contributed by atoms with Crippen LogP contribution in [0.3, 0.4) is 0 Å². The lowest BCUT2D eigenvalue weighted by molar-refractivity contribution is -0.127. The molecule has 242 valence electrons. The van der Waals surface area contributed by atoms with Crippen LogP contribution in [0.5, 0.6) is 0 Å². The number of primary amides is 1. The van der Waals surface area contributed by atoms with Crippen LogP contribution in [0.25, 0.3) is 22.2 Å². The van der Waals surface area contributed by atoms with Crippen molar-refractivity contribution in [3.05, 3.63) is 82.5 Å². The number of nitrogens with zero attached hydrogens (tertiary/aromatic N) is 2. The number of carbonyl (C=O) groups is 3. The molecule has 11 nitrogen and oxygen atoms in total. The molecule has 3 amide bonds. The molecule has 0 aliphatic heterocycles. The standard InChI is InChI=1S/C35H42N6O5/c1-21-19-37-15-14-27(21)25-7-5-6-23(16-25)17-30(31(36)42)41(26-12-13-28-29(18-26)40-33(44)39-28)32(43)24-10-8-22(9-11-24)20-38-34(45)46-35(2,3)4/h5-7,12-16,18-19,22,24,30H,8-11,17,20H2,1-4H3,(H2,36,42)(H,38,45)(H2,39,40,44)/t22?,24?,30-/m0/s1. The molecule has 1 atom stereocenters. The predicted molar refractivity (Wildman–Crippen MR) is 177 cm³/mol. The van der Waals surface area contributed by atoms with Crippen LogP contribution in [0.2, 0.25) is 0 Å². The van der Waals surface area contributed by atoms with Gasteiger partial charge in [-0.25, -0.2) is 9.59 Å². The number of H-pyrrole nitrogens is 2. The lowest BCUT2D eigenvalue weighted by atomic mass is 9.81. The molecular formula is C35H42N6O5. The Morgan fingerprint density at radius 2 is 1.78 bits per heavy atom. The number of alkyl carbamates (subject to hydrolysis) is 1. The van der Waals surface area contributed by atoms with Crippen molar-refractivity contribution in [2.45, 2.75) is 71.4 Å². The Bertz CT molecular complexity index is 1780. The molecule has 0 radical (unpaired) electrons. The maximum atomic E-state index is 14.4. The van der Waals surface area contributed by atoms with Gasteiger partial charge in [0.2, 0.25) is 11.8 Å². The number of nitrogens with two attached hydrogens (primary N) is 1. The third-order valence-corrected chi connectivity index (χ3v) is 8.47. The molecule has 0 bridgehead atoms. The molecule has 1 fully saturated rings. The topological polar surface area (TPSA) is 163 Å². The summed E-state index contributed by atoms with van der Waals surface area (Å²) < 4.78 is 5.35. The lowest BCUT2D eigenvalue weighted by Crippen LogP contribution is -2.52. The quantitative estimate of drug-likeness (QED) is 0.205. The second kappa shape index (κ2) is 13.6. The first-order valence-electron chi connectivity index (χ1n) is 15.7. The number of pyridine rings is 1. The van der Waals surface area contributed by atoms with Gasteiger partial charge in [-0.3, -0.25) is 19.5 Å². The fourth-order valence-corrected chi connectivity index (χ4v) is 6.19. The fraction of sp³-hybridized carbons (Fsp3) is 0.400. The van der Waals surface area contributed by atoms with Gasteiger partial charge in [0.15, 0.2) is 0 Å². The molecule has 1 aliphatic carbocycles. The molecule has 0 saturated heterocycles. The van der Waals surface area contributed by atoms with Crippen LogP contribution in [-0.2, 0) is 20.7 Å². The Morgan fingerprint density at radius 3 is 2.48 bits per heavy atom. The molecule has 4 aromatic rings. The van der Waals surface area contributed by atoms with Gasteiger partial charge in [-0.15, -0.1) is 0 Å². The minimum absolute atomic E-state index is 0.194. The van der Waals surface area contributed by atoms with E-state index in [1.807, 2.05) is 58.0 Å². The van der Waals surface area contributed by atoms with E-state index in [1.54, 1.807) is 30.6 Å². The van der Waals surface area contributed by atoms with E-state index in [-0.39, 0.29) is 29.9 Å². The van der Waals surface area contributed by atoms with Crippen molar-refractivity contribution in [1.29, 1.82) is 0 Å². The molecule has 0 spiro atoms. The molecule has 5 N–H and O–H groups in total. The Hall–Kier alpha value is -4.93. The highest BCUT2D eigenvalue weighted by atomic mass is 16.6. The number of amides is 3. The Morgan fingerprint density at radius 1 is 1.04 bits per heavy atom. The molecule has 46 heavy (non-hydrogen) atoms. The van der Waals surface area contributed by atoms with E-state index >= 15 is 0 Å². The van der Waals surface area contributed by atoms with Crippen LogP contribution in [0.4, 0.5) is 10.5 Å². The van der Waals surface area contributed by atoms with Crippen LogP contribution in [-0.4, -0.2) is 51.0 Å². The maximum Gasteiger partial charge on any atom is 0.407 e. The number of aryl methyl sites for hydroxylation is 1. The number of benzene rings is 2. The van der Waals surface area contributed by atoms with Gasteiger partial charge in [-0.2, -0.15) is 0 Å². The Labute approximate surface area is 267 Å². The largest absolute Gasteiger partial charge is 0.444 e. The van der Waals surface area contributed by atoms with Crippen molar-refractivity contribution in [2.24, 2.45) is 17.6 Å². The summed E-state index contributed by atoms with van der Waals surface area (Å²) in [7, 11) is 0. The van der Waals surface area contributed by atoms with Gasteiger partial charge >= 0.3 is 11.8 Å². The smallest absolute Gasteiger partial charge is 0.407 e. The first-order chi connectivity index (χ1) is 21.9. The zero-order valence-corrected chi connectivity index (χ0v) is 26.8. The Balaban J connectivity index is 1.39. The summed E-state index contributed by atoms with van der Waals surface area (Å²) in [5.74, 6) is -0.957. The van der Waals surface area contributed by atoms with Gasteiger partial charge < -0.3 is 25.8 Å². The normalized spacial score (nSPS) is 17.3. The van der Waals surface area contributed by atoms with E-state index in [9.17, 15) is 19.2 Å². The number of aromatic amines is 2. The van der Waals surface area contributed by atoms with Crippen LogP contribution >= 0.6 is 0 Å². The van der Waals surface area contributed by atoms with E-state index in [0.29, 0.717) is 36.1 Å². The maximum absolute atomic E-state index is 14.4. The minimum atomic E-state index is -0.976. The summed E-state index contributed by atoms with van der Waals surface area (Å²) in [6.07, 6.45) is 5.96. The number of rotatable bonds is 9. The van der Waals surface area contributed by atoms with Crippen LogP contribution in [0, 0.1) is 18.8 Å². The predicted octanol–water partition coefficient (Wildman–Crippen LogP) is 4.99. The highest BCUT2D eigenvalue weighted by molar-refractivity contribution is 6.02. The third-order valence-electron chi connectivity index (χ3n) is 8.47. The molecule has 1 saturated carbocycles. The highest BCUT2D eigenvalue weighted by Crippen LogP contribution is 2.33. The first kappa shape index (κ1) is 32.5. The van der Waals surface area contributed by atoms with Gasteiger partial charge in [0.05, 0.1) is 11.0 Å². The van der Waals surface area contributed by atoms with Gasteiger partial charge in [0, 0.05) is 37.0 Å². The van der Waals surface area contributed by atoms with Crippen LogP contribution < -0.4 is 21.6 Å². The molecule has 2 heterocycles. The fourth-order valence-electron chi connectivity index (χ4n) is 6.19. The van der Waals surface area contributed by atoms with E-state index in [1.165, 1.54) is 4.90 Å². The average molecular weight is 627 g/mol. The second-order valence-electron chi connectivity index (χ2n) is 13.1. The molecular weight excluding hydrogens is 584 g/mol. The number of hydrogen-bond acceptors (Lipinski definition) is 6. The van der Waals surface area contributed by atoms with E-state index in [4.69, 9.17) is 10.5 Å². The van der Waals surface area contributed by atoms with Crippen LogP contribution in [0.15, 0.2) is 65.7 Å². The number of fused-ring (bicyclic) bond motifs is 1. The monoisotopic (exact) mass is 626 g/mol. The number of ether oxygens (including phenoxy) is 1. The lowest BCUT2D eigenvalue weighted by Gasteiger charge is -2.36. The molecule has 1 aliphatic rings. The van der Waals surface area contributed by atoms with Crippen molar-refractivity contribution >= 4 is 34.6 Å². The molecule has 11 heteroatoms. The van der Waals surface area contributed by atoms with E-state index < -0.39 is 23.6 Å². The first-order valence-corrected chi connectivity index (χ1v) is 15.7. The van der Waals surface area contributed by atoms with Gasteiger partial charge in [-0.1, -0.05) is 24.3 Å². The SMILES string of the molecule is Cc1cnccc1-c1cccc(C[C@@H](C(N)=O)N(C(=O)C2CCC(CNC(=O)OC(C)(C)C)CC2)c2ccc3[nH]c(=O)[nH]c3c2)c1. The molecule has 2 aromatic carbocycles. The number of carbonyl (C=O) groups excluding carboxylic acids is 3. The summed E-state index contributed by atoms with van der Waals surface area (Å²) in [5, 5.41) is 2.85. The van der Waals surface area contributed by atoms with Crippen LogP contribution in [0.1, 0.15) is 57.6 Å². The molecule has 5 rings (SSSR count). The third kappa shape index (κ3) is 7.82. The number of anilines is 1. The number of imidazole rings is 1. The van der Waals surface area contributed by atoms with Gasteiger partial charge in [-0.05, 0) is 106 Å². The van der Waals surface area contributed by atoms with Gasteiger partial charge in [0.25, 0.3) is 0 Å². The minimum Gasteiger partial charge on any atom is -0.444 e. The average Bonchev–Trinajstić information content (AvgIpc) is 3.38. The van der Waals surface area contributed by atoms with Crippen molar-refractivity contribution < 1.29 is 19.1 Å². The highest BCUT2D eigenvalue weighted by Gasteiger charge is 2.36. The number of hydrogen-bond donors (Lipinski definition) is 4. The molecule has 2 aromatic heterocycles. The Kier molecular flexibility index (Phi) is 9.60. The van der Waals surface area contributed by atoms with E-state index in [0.717, 1.165) is 35.1 Å². The van der Waals surface area contributed by atoms with Crippen molar-refractivity contribution in [3.63, 3.8) is 0 Å². The van der Waals surface area contributed by atoms with Crippen molar-refractivity contribution in [2.75, 3.05) is 11.4 Å². The van der Waals surface area contributed by atoms with Crippen molar-refractivity contribution in [3.8, 4) is 11.1 Å². The molecule has 0 unspecified atom stereocenters. The number of nitrogens with one attached hydrogen (secondary N) is 3. The summed E-state index contributed by atoms with van der Waals surface area (Å²) in [4.78, 5) is 62.9. The zero-order valence-electron chi connectivity index (χ0n) is 26.8. The van der Waals surface area contributed by atoms with Gasteiger partial charge in [0.1, 0.15) is 11.6 Å². The summed E-state index contributed by atoms with van der Waals surface area (Å²) in [5.41, 5.74) is 10.6. The van der Waals surface area contributed by atoms with E-state index in [2.05, 4.69) is 20.3 Å². The summed E-state index contributed by atoms with van der Waals surface area (Å²) in [6.45, 7) is 7.91.